The first kappa shape index (κ1) is 40.7. The van der Waals surface area contributed by atoms with Crippen LogP contribution in [0.5, 0.6) is 0 Å². The van der Waals surface area contributed by atoms with Crippen molar-refractivity contribution in [3.05, 3.63) is 56.6 Å². The summed E-state index contributed by atoms with van der Waals surface area (Å²) in [5.74, 6) is -0.283. The Hall–Kier alpha value is -4.11. The van der Waals surface area contributed by atoms with Crippen LogP contribution in [0.4, 0.5) is 16.2 Å². The zero-order valence-corrected chi connectivity index (χ0v) is 31.7. The number of aryl methyl sites for hydroxylation is 4. The molecule has 4 aliphatic rings. The Morgan fingerprint density at radius 3 is 1.60 bits per heavy atom. The summed E-state index contributed by atoms with van der Waals surface area (Å²) in [6.07, 6.45) is 16.6. The van der Waals surface area contributed by atoms with E-state index in [1.54, 1.807) is 20.2 Å². The predicted molar refractivity (Wildman–Crippen MR) is 199 cm³/mol. The highest BCUT2D eigenvalue weighted by Crippen LogP contribution is 2.40. The van der Waals surface area contributed by atoms with Crippen molar-refractivity contribution in [2.75, 3.05) is 44.0 Å². The van der Waals surface area contributed by atoms with Crippen molar-refractivity contribution < 1.29 is 36.0 Å². The van der Waals surface area contributed by atoms with Gasteiger partial charge in [-0.3, -0.25) is 9.59 Å². The first-order valence-corrected chi connectivity index (χ1v) is 21.2. The number of amides is 4. The molecule has 284 valence electrons. The predicted octanol–water partition coefficient (Wildman–Crippen LogP) is 2.98. The Bertz CT molecular complexity index is 1840. The molecule has 16 heteroatoms. The smallest absolute Gasteiger partial charge is 0.332 e. The molecule has 6 rings (SSSR count). The van der Waals surface area contributed by atoms with Gasteiger partial charge >= 0.3 is 6.03 Å². The number of nitrogens with two attached hydrogens (primary N) is 1. The quantitative estimate of drug-likeness (QED) is 0.157. The second-order valence-electron chi connectivity index (χ2n) is 13.8. The maximum Gasteiger partial charge on any atom is 0.332 e. The number of hydrogen-bond donors (Lipinski definition) is 3. The lowest BCUT2D eigenvalue weighted by molar-refractivity contribution is -0.117. The van der Waals surface area contributed by atoms with Gasteiger partial charge in [-0.05, 0) is 134 Å². The number of primary sulfonamides is 1. The molecule has 0 bridgehead atoms. The molecule has 0 aromatic heterocycles. The van der Waals surface area contributed by atoms with Gasteiger partial charge in [0.25, 0.3) is 0 Å². The molecule has 0 saturated heterocycles. The van der Waals surface area contributed by atoms with Gasteiger partial charge in [0.1, 0.15) is 0 Å². The van der Waals surface area contributed by atoms with Crippen LogP contribution in [-0.2, 0) is 85.8 Å². The molecule has 2 aromatic carbocycles. The second kappa shape index (κ2) is 18.6. The minimum atomic E-state index is -3.74. The molecule has 0 fully saturated rings. The third-order valence-corrected chi connectivity index (χ3v) is 12.0. The molecule has 52 heavy (non-hydrogen) atoms. The fourth-order valence-corrected chi connectivity index (χ4v) is 8.87. The topological polar surface area (TPSA) is 205 Å². The Morgan fingerprint density at radius 1 is 0.750 bits per heavy atom. The molecular formula is C36H50N6O8S2. The first-order valence-electron chi connectivity index (χ1n) is 17.8. The third-order valence-electron chi connectivity index (χ3n) is 9.78. The number of aliphatic imine (C=N–C) groups is 1. The van der Waals surface area contributed by atoms with Crippen molar-refractivity contribution in [2.24, 2.45) is 10.1 Å². The molecular weight excluding hydrogens is 709 g/mol. The van der Waals surface area contributed by atoms with Gasteiger partial charge in [-0.15, -0.1) is 0 Å². The number of carbonyl (C=O) groups excluding carboxylic acids is 4. The maximum atomic E-state index is 12.3. The standard InChI is InChI=1S/C18H25N3O4S.C13H13NO.C5H12N2O3S/c1-21(12-22)9-4-10-26(24,25)20-18(23)19-17-15-7-2-5-13(15)11-14-6-3-8-16(14)17;15-8-14-13-11-5-1-3-9(11)7-10-4-2-6-12(10)13;1-7(5-8)3-2-4-11(6,9)10/h11-12H,2-10H2,1H3,(H2,19,20,23);7H,1-6H2;5H,2-4H2,1H3,(H2,6,9,10). The molecule has 0 heterocycles. The number of anilines is 1. The van der Waals surface area contributed by atoms with Crippen molar-refractivity contribution in [3.8, 4) is 0 Å². The number of urea groups is 1. The van der Waals surface area contributed by atoms with E-state index >= 15 is 0 Å². The normalized spacial score (nSPS) is 14.9. The molecule has 4 aliphatic carbocycles. The van der Waals surface area contributed by atoms with Crippen LogP contribution in [-0.4, -0.2) is 90.3 Å². The summed E-state index contributed by atoms with van der Waals surface area (Å²) in [4.78, 5) is 50.0. The second-order valence-corrected chi connectivity index (χ2v) is 17.3. The number of hydrogen-bond acceptors (Lipinski definition) is 9. The van der Waals surface area contributed by atoms with Crippen molar-refractivity contribution in [1.29, 1.82) is 0 Å². The Labute approximate surface area is 306 Å². The number of fused-ring (bicyclic) bond motifs is 4. The van der Waals surface area contributed by atoms with Crippen LogP contribution < -0.4 is 15.2 Å². The summed E-state index contributed by atoms with van der Waals surface area (Å²) in [6.45, 7) is 0.742. The van der Waals surface area contributed by atoms with Crippen LogP contribution >= 0.6 is 0 Å². The zero-order chi connectivity index (χ0) is 37.9. The van der Waals surface area contributed by atoms with E-state index in [9.17, 15) is 36.0 Å². The van der Waals surface area contributed by atoms with Gasteiger partial charge in [-0.2, -0.15) is 4.99 Å². The summed E-state index contributed by atoms with van der Waals surface area (Å²) < 4.78 is 47.0. The molecule has 2 aromatic rings. The summed E-state index contributed by atoms with van der Waals surface area (Å²) in [5, 5.41) is 7.54. The fourth-order valence-electron chi connectivity index (χ4n) is 7.39. The highest BCUT2D eigenvalue weighted by molar-refractivity contribution is 7.90. The summed E-state index contributed by atoms with van der Waals surface area (Å²) >= 11 is 0. The van der Waals surface area contributed by atoms with Crippen LogP contribution in [0.25, 0.3) is 0 Å². The molecule has 0 radical (unpaired) electrons. The van der Waals surface area contributed by atoms with E-state index in [1.807, 2.05) is 0 Å². The highest BCUT2D eigenvalue weighted by atomic mass is 32.2. The highest BCUT2D eigenvalue weighted by Gasteiger charge is 2.26. The summed E-state index contributed by atoms with van der Waals surface area (Å²) in [5.41, 5.74) is 12.1. The van der Waals surface area contributed by atoms with E-state index in [-0.39, 0.29) is 17.9 Å². The van der Waals surface area contributed by atoms with Crippen molar-refractivity contribution in [2.45, 2.75) is 89.9 Å². The van der Waals surface area contributed by atoms with Gasteiger partial charge in [0.15, 0.2) is 0 Å². The minimum absolute atomic E-state index is 0.0782. The SMILES string of the molecule is CN(C=O)CCCS(=O)(=O)NC(=O)Nc1c2c(cc3c1CCC3)CCC2.CN(C=O)CCCS(N)(=O)=O.O=C=Nc1c2c(cc3c1CCC3)CCC2. The van der Waals surface area contributed by atoms with E-state index in [0.717, 1.165) is 86.7 Å². The lowest BCUT2D eigenvalue weighted by Gasteiger charge is -2.17. The molecule has 4 N–H and O–H groups in total. The van der Waals surface area contributed by atoms with E-state index < -0.39 is 26.1 Å². The van der Waals surface area contributed by atoms with Crippen LogP contribution in [0.1, 0.15) is 83.0 Å². The zero-order valence-electron chi connectivity index (χ0n) is 30.0. The Morgan fingerprint density at radius 2 is 1.17 bits per heavy atom. The van der Waals surface area contributed by atoms with Gasteiger partial charge in [-0.1, -0.05) is 12.1 Å². The fraction of sp³-hybridized carbons (Fsp3) is 0.556. The third kappa shape index (κ3) is 11.4. The average Bonchev–Trinajstić information content (AvgIpc) is 3.91. The number of nitrogens with one attached hydrogen (secondary N) is 2. The molecule has 14 nitrogen and oxygen atoms in total. The Kier molecular flexibility index (Phi) is 14.5. The van der Waals surface area contributed by atoms with Gasteiger partial charge in [0.05, 0.1) is 17.2 Å². The molecule has 0 spiro atoms. The number of carbonyl (C=O) groups is 3. The largest absolute Gasteiger partial charge is 0.348 e. The van der Waals surface area contributed by atoms with E-state index in [1.165, 1.54) is 56.0 Å². The van der Waals surface area contributed by atoms with Crippen LogP contribution in [0.3, 0.4) is 0 Å². The average molecular weight is 759 g/mol. The van der Waals surface area contributed by atoms with Gasteiger partial charge in [0.2, 0.25) is 38.9 Å². The van der Waals surface area contributed by atoms with E-state index in [0.29, 0.717) is 32.3 Å². The summed E-state index contributed by atoms with van der Waals surface area (Å²) in [7, 11) is -3.95. The van der Waals surface area contributed by atoms with E-state index in [4.69, 9.17) is 5.14 Å². The molecule has 0 saturated carbocycles. The van der Waals surface area contributed by atoms with E-state index in [2.05, 4.69) is 27.2 Å². The number of benzene rings is 2. The lowest BCUT2D eigenvalue weighted by atomic mass is 9.99. The molecule has 0 unspecified atom stereocenters. The number of nitrogens with zero attached hydrogens (tertiary/aromatic N) is 3. The maximum absolute atomic E-state index is 12.3. The first-order chi connectivity index (χ1) is 24.7. The monoisotopic (exact) mass is 758 g/mol. The molecule has 0 aliphatic heterocycles. The van der Waals surface area contributed by atoms with Crippen molar-refractivity contribution in [3.63, 3.8) is 0 Å². The molecule has 0 atom stereocenters. The van der Waals surface area contributed by atoms with Crippen LogP contribution in [0, 0.1) is 0 Å². The minimum Gasteiger partial charge on any atom is -0.348 e. The molecule has 4 amide bonds. The Balaban J connectivity index is 0.000000196. The summed E-state index contributed by atoms with van der Waals surface area (Å²) in [6, 6.07) is 3.89. The van der Waals surface area contributed by atoms with Gasteiger partial charge < -0.3 is 15.1 Å². The van der Waals surface area contributed by atoms with Crippen LogP contribution in [0.15, 0.2) is 17.1 Å². The van der Waals surface area contributed by atoms with Crippen LogP contribution in [0.2, 0.25) is 0 Å². The lowest BCUT2D eigenvalue weighted by Crippen LogP contribution is -2.37. The number of isocyanates is 1. The number of rotatable bonds is 13. The van der Waals surface area contributed by atoms with Gasteiger partial charge in [0, 0.05) is 32.9 Å². The van der Waals surface area contributed by atoms with Gasteiger partial charge in [-0.25, -0.2) is 36.3 Å². The van der Waals surface area contributed by atoms with Crippen molar-refractivity contribution in [1.82, 2.24) is 14.5 Å². The van der Waals surface area contributed by atoms with Crippen molar-refractivity contribution >= 4 is 56.4 Å². The number of sulfonamides is 2.